The lowest BCUT2D eigenvalue weighted by molar-refractivity contribution is 0.492. The SMILES string of the molecule is CC(Cc1cccs1)n1ccc2c1CCCC2N. The minimum Gasteiger partial charge on any atom is -0.348 e. The van der Waals surface area contributed by atoms with Gasteiger partial charge < -0.3 is 10.3 Å². The van der Waals surface area contributed by atoms with Crippen LogP contribution in [0.2, 0.25) is 0 Å². The molecule has 96 valence electrons. The van der Waals surface area contributed by atoms with E-state index in [1.54, 1.807) is 0 Å². The van der Waals surface area contributed by atoms with Crippen molar-refractivity contribution in [3.05, 3.63) is 45.9 Å². The zero-order valence-corrected chi connectivity index (χ0v) is 11.6. The summed E-state index contributed by atoms with van der Waals surface area (Å²) in [7, 11) is 0. The van der Waals surface area contributed by atoms with Gasteiger partial charge in [0.1, 0.15) is 0 Å². The normalized spacial score (nSPS) is 20.7. The smallest absolute Gasteiger partial charge is 0.0353 e. The van der Waals surface area contributed by atoms with Gasteiger partial charge in [0, 0.05) is 35.3 Å². The Morgan fingerprint density at radius 2 is 2.39 bits per heavy atom. The van der Waals surface area contributed by atoms with Crippen LogP contribution in [-0.2, 0) is 12.8 Å². The Morgan fingerprint density at radius 1 is 1.50 bits per heavy atom. The highest BCUT2D eigenvalue weighted by Crippen LogP contribution is 2.31. The lowest BCUT2D eigenvalue weighted by Gasteiger charge is -2.23. The standard InChI is InChI=1S/C15H20N2S/c1-11(10-12-4-3-9-18-12)17-8-7-13-14(16)5-2-6-15(13)17/h3-4,7-9,11,14H,2,5-6,10,16H2,1H3. The molecule has 0 aliphatic heterocycles. The first-order chi connectivity index (χ1) is 8.75. The Hall–Kier alpha value is -1.06. The highest BCUT2D eigenvalue weighted by Gasteiger charge is 2.21. The molecular formula is C15H20N2S. The van der Waals surface area contributed by atoms with Crippen LogP contribution in [0.15, 0.2) is 29.8 Å². The van der Waals surface area contributed by atoms with Crippen LogP contribution in [0.5, 0.6) is 0 Å². The van der Waals surface area contributed by atoms with Crippen molar-refractivity contribution in [1.82, 2.24) is 4.57 Å². The largest absolute Gasteiger partial charge is 0.348 e. The van der Waals surface area contributed by atoms with Gasteiger partial charge in [0.25, 0.3) is 0 Å². The maximum Gasteiger partial charge on any atom is 0.0353 e. The van der Waals surface area contributed by atoms with Gasteiger partial charge in [-0.25, -0.2) is 0 Å². The minimum atomic E-state index is 0.254. The van der Waals surface area contributed by atoms with Gasteiger partial charge in [0.15, 0.2) is 0 Å². The maximum atomic E-state index is 6.18. The second kappa shape index (κ2) is 4.90. The number of thiophene rings is 1. The molecule has 2 heterocycles. The molecule has 0 saturated carbocycles. The van der Waals surface area contributed by atoms with E-state index < -0.39 is 0 Å². The molecule has 0 spiro atoms. The van der Waals surface area contributed by atoms with Crippen LogP contribution in [0, 0.1) is 0 Å². The van der Waals surface area contributed by atoms with E-state index in [9.17, 15) is 0 Å². The molecule has 1 aliphatic rings. The van der Waals surface area contributed by atoms with Crippen LogP contribution < -0.4 is 5.73 Å². The van der Waals surface area contributed by atoms with Crippen LogP contribution in [0.1, 0.15) is 48.0 Å². The summed E-state index contributed by atoms with van der Waals surface area (Å²) in [5, 5.41) is 2.16. The van der Waals surface area contributed by atoms with Crippen molar-refractivity contribution in [2.24, 2.45) is 5.73 Å². The number of hydrogen-bond donors (Lipinski definition) is 1. The maximum absolute atomic E-state index is 6.18. The zero-order valence-electron chi connectivity index (χ0n) is 10.8. The number of rotatable bonds is 3. The van der Waals surface area contributed by atoms with E-state index in [1.165, 1.54) is 29.0 Å². The van der Waals surface area contributed by atoms with Gasteiger partial charge in [-0.3, -0.25) is 0 Å². The van der Waals surface area contributed by atoms with Crippen molar-refractivity contribution in [2.75, 3.05) is 0 Å². The topological polar surface area (TPSA) is 30.9 Å². The van der Waals surface area contributed by atoms with Gasteiger partial charge in [0.2, 0.25) is 0 Å². The van der Waals surface area contributed by atoms with E-state index in [0.29, 0.717) is 6.04 Å². The van der Waals surface area contributed by atoms with E-state index >= 15 is 0 Å². The third-order valence-electron chi connectivity index (χ3n) is 3.94. The number of aromatic nitrogens is 1. The van der Waals surface area contributed by atoms with Gasteiger partial charge in [-0.05, 0) is 49.3 Å². The lowest BCUT2D eigenvalue weighted by atomic mass is 9.93. The van der Waals surface area contributed by atoms with Crippen LogP contribution in [0.4, 0.5) is 0 Å². The summed E-state index contributed by atoms with van der Waals surface area (Å²) < 4.78 is 2.44. The minimum absolute atomic E-state index is 0.254. The summed E-state index contributed by atoms with van der Waals surface area (Å²) in [6.45, 7) is 2.31. The van der Waals surface area contributed by atoms with Gasteiger partial charge in [-0.2, -0.15) is 0 Å². The summed E-state index contributed by atoms with van der Waals surface area (Å²) in [5.41, 5.74) is 9.03. The zero-order chi connectivity index (χ0) is 12.5. The van der Waals surface area contributed by atoms with Crippen LogP contribution >= 0.6 is 11.3 Å². The van der Waals surface area contributed by atoms with Crippen molar-refractivity contribution in [3.8, 4) is 0 Å². The Balaban J connectivity index is 1.84. The van der Waals surface area contributed by atoms with Gasteiger partial charge in [-0.1, -0.05) is 6.07 Å². The Kier molecular flexibility index (Phi) is 3.27. The molecule has 2 atom stereocenters. The first-order valence-corrected chi connectivity index (χ1v) is 7.61. The van der Waals surface area contributed by atoms with Crippen molar-refractivity contribution in [2.45, 2.75) is 44.7 Å². The highest BCUT2D eigenvalue weighted by atomic mass is 32.1. The molecule has 0 amide bonds. The van der Waals surface area contributed by atoms with Gasteiger partial charge in [-0.15, -0.1) is 11.3 Å². The first-order valence-electron chi connectivity index (χ1n) is 6.73. The second-order valence-electron chi connectivity index (χ2n) is 5.26. The van der Waals surface area contributed by atoms with Gasteiger partial charge in [0.05, 0.1) is 0 Å². The average Bonchev–Trinajstić information content (AvgIpc) is 2.98. The Bertz CT molecular complexity index is 513. The Labute approximate surface area is 112 Å². The molecule has 0 bridgehead atoms. The van der Waals surface area contributed by atoms with Crippen LogP contribution in [0.25, 0.3) is 0 Å². The fourth-order valence-corrected chi connectivity index (χ4v) is 3.81. The molecule has 0 fully saturated rings. The van der Waals surface area contributed by atoms with Crippen molar-refractivity contribution in [1.29, 1.82) is 0 Å². The fourth-order valence-electron chi connectivity index (χ4n) is 2.98. The fraction of sp³-hybridized carbons (Fsp3) is 0.467. The second-order valence-corrected chi connectivity index (χ2v) is 6.29. The lowest BCUT2D eigenvalue weighted by Crippen LogP contribution is -2.19. The molecule has 2 aromatic heterocycles. The molecule has 18 heavy (non-hydrogen) atoms. The van der Waals surface area contributed by atoms with E-state index in [1.807, 2.05) is 11.3 Å². The highest BCUT2D eigenvalue weighted by molar-refractivity contribution is 7.09. The Morgan fingerprint density at radius 3 is 3.17 bits per heavy atom. The van der Waals surface area contributed by atoms with E-state index in [2.05, 4.69) is 41.3 Å². The van der Waals surface area contributed by atoms with Crippen LogP contribution in [0.3, 0.4) is 0 Å². The molecule has 2 N–H and O–H groups in total. The van der Waals surface area contributed by atoms with E-state index in [-0.39, 0.29) is 6.04 Å². The summed E-state index contributed by atoms with van der Waals surface area (Å²) in [5.74, 6) is 0. The molecular weight excluding hydrogens is 240 g/mol. The molecule has 2 unspecified atom stereocenters. The molecule has 3 rings (SSSR count). The number of hydrogen-bond acceptors (Lipinski definition) is 2. The quantitative estimate of drug-likeness (QED) is 0.896. The summed E-state index contributed by atoms with van der Waals surface area (Å²) in [6, 6.07) is 7.36. The molecule has 0 aromatic carbocycles. The third-order valence-corrected chi connectivity index (χ3v) is 4.84. The molecule has 3 heteroatoms. The predicted octanol–water partition coefficient (Wildman–Crippen LogP) is 3.69. The summed E-state index contributed by atoms with van der Waals surface area (Å²) in [6.07, 6.45) is 6.90. The van der Waals surface area contributed by atoms with Crippen molar-refractivity contribution >= 4 is 11.3 Å². The van der Waals surface area contributed by atoms with E-state index in [4.69, 9.17) is 5.73 Å². The molecule has 2 aromatic rings. The molecule has 1 aliphatic carbocycles. The van der Waals surface area contributed by atoms with Crippen LogP contribution in [-0.4, -0.2) is 4.57 Å². The van der Waals surface area contributed by atoms with Crippen molar-refractivity contribution in [3.63, 3.8) is 0 Å². The predicted molar refractivity (Wildman–Crippen MR) is 77.0 cm³/mol. The summed E-state index contributed by atoms with van der Waals surface area (Å²) >= 11 is 1.85. The molecule has 0 radical (unpaired) electrons. The van der Waals surface area contributed by atoms with Crippen molar-refractivity contribution < 1.29 is 0 Å². The average molecular weight is 260 g/mol. The summed E-state index contributed by atoms with van der Waals surface area (Å²) in [4.78, 5) is 1.46. The molecule has 0 saturated heterocycles. The third kappa shape index (κ3) is 2.13. The molecule has 2 nitrogen and oxygen atoms in total. The number of fused-ring (bicyclic) bond motifs is 1. The monoisotopic (exact) mass is 260 g/mol. The van der Waals surface area contributed by atoms with Gasteiger partial charge >= 0.3 is 0 Å². The van der Waals surface area contributed by atoms with E-state index in [0.717, 1.165) is 12.8 Å². The number of nitrogens with two attached hydrogens (primary N) is 1. The number of nitrogens with zero attached hydrogens (tertiary/aromatic N) is 1. The first kappa shape index (κ1) is 12.0.